The highest BCUT2D eigenvalue weighted by Crippen LogP contribution is 2.34. The van der Waals surface area contributed by atoms with Crippen molar-refractivity contribution < 1.29 is 14.1 Å². The zero-order chi connectivity index (χ0) is 23.1. The van der Waals surface area contributed by atoms with Gasteiger partial charge in [0.05, 0.1) is 16.1 Å². The molecule has 0 atom stereocenters. The number of carbonyl (C=O) groups excluding carboxylic acids is 1. The average molecular weight is 457 g/mol. The number of amidine groups is 2. The van der Waals surface area contributed by atoms with E-state index in [1.165, 1.54) is 28.9 Å². The highest BCUT2D eigenvalue weighted by Gasteiger charge is 2.36. The van der Waals surface area contributed by atoms with Gasteiger partial charge < -0.3 is 4.42 Å². The Morgan fingerprint density at radius 3 is 2.58 bits per heavy atom. The molecule has 2 aromatic carbocycles. The summed E-state index contributed by atoms with van der Waals surface area (Å²) in [7, 11) is 0. The molecule has 33 heavy (non-hydrogen) atoms. The molecule has 10 heteroatoms. The molecule has 0 saturated heterocycles. The number of aryl methyl sites for hydroxylation is 1. The lowest BCUT2D eigenvalue weighted by atomic mass is 10.1. The first-order chi connectivity index (χ1) is 15.9. The maximum Gasteiger partial charge on any atom is 0.283 e. The van der Waals surface area contributed by atoms with Crippen LogP contribution in [0.4, 0.5) is 5.69 Å². The molecule has 3 heterocycles. The number of hydrogen-bond acceptors (Lipinski definition) is 7. The topological polar surface area (TPSA) is 125 Å². The van der Waals surface area contributed by atoms with Crippen molar-refractivity contribution in [3.8, 4) is 11.3 Å². The molecule has 0 unspecified atom stereocenters. The molecule has 0 aliphatic carbocycles. The third-order valence-electron chi connectivity index (χ3n) is 5.11. The number of para-hydroxylation sites is 1. The van der Waals surface area contributed by atoms with Crippen molar-refractivity contribution in [1.82, 2.24) is 5.01 Å². The Bertz CT molecular complexity index is 1440. The van der Waals surface area contributed by atoms with Crippen LogP contribution in [0.15, 0.2) is 80.7 Å². The highest BCUT2D eigenvalue weighted by molar-refractivity contribution is 8.27. The summed E-state index contributed by atoms with van der Waals surface area (Å²) in [5.74, 6) is -0.150. The molecule has 1 N–H and O–H groups in total. The van der Waals surface area contributed by atoms with Gasteiger partial charge in [-0.1, -0.05) is 36.4 Å². The quantitative estimate of drug-likeness (QED) is 0.340. The Labute approximate surface area is 191 Å². The summed E-state index contributed by atoms with van der Waals surface area (Å²) in [6.07, 6.45) is 1.40. The van der Waals surface area contributed by atoms with Crippen molar-refractivity contribution in [3.05, 3.63) is 93.2 Å². The number of benzene rings is 2. The van der Waals surface area contributed by atoms with Crippen LogP contribution in [0.1, 0.15) is 16.9 Å². The first kappa shape index (κ1) is 20.6. The molecule has 1 aromatic heterocycles. The predicted molar refractivity (Wildman–Crippen MR) is 126 cm³/mol. The summed E-state index contributed by atoms with van der Waals surface area (Å²) >= 11 is 1.23. The minimum absolute atomic E-state index is 0.0117. The zero-order valence-corrected chi connectivity index (χ0v) is 18.0. The van der Waals surface area contributed by atoms with Crippen molar-refractivity contribution in [2.75, 3.05) is 0 Å². The minimum atomic E-state index is -0.580. The zero-order valence-electron chi connectivity index (χ0n) is 17.2. The van der Waals surface area contributed by atoms with Gasteiger partial charge in [0.25, 0.3) is 11.6 Å². The van der Waals surface area contributed by atoms with Crippen LogP contribution in [-0.2, 0) is 4.79 Å². The second-order valence-electron chi connectivity index (χ2n) is 7.22. The van der Waals surface area contributed by atoms with Crippen molar-refractivity contribution in [2.24, 2.45) is 10.1 Å². The summed E-state index contributed by atoms with van der Waals surface area (Å²) in [6.45, 7) is 1.96. The van der Waals surface area contributed by atoms with E-state index in [4.69, 9.17) is 9.83 Å². The maximum absolute atomic E-state index is 12.7. The van der Waals surface area contributed by atoms with Crippen LogP contribution >= 0.6 is 11.8 Å². The van der Waals surface area contributed by atoms with Crippen LogP contribution in [-0.4, -0.2) is 31.9 Å². The molecule has 0 saturated carbocycles. The molecule has 162 valence electrons. The predicted octanol–water partition coefficient (Wildman–Crippen LogP) is 4.83. The van der Waals surface area contributed by atoms with E-state index in [0.717, 1.165) is 11.1 Å². The van der Waals surface area contributed by atoms with E-state index in [-0.39, 0.29) is 28.6 Å². The fourth-order valence-corrected chi connectivity index (χ4v) is 4.45. The van der Waals surface area contributed by atoms with Gasteiger partial charge in [0.15, 0.2) is 5.84 Å². The average Bonchev–Trinajstić information content (AvgIpc) is 3.44. The van der Waals surface area contributed by atoms with Gasteiger partial charge in [0.1, 0.15) is 16.6 Å². The maximum atomic E-state index is 12.7. The van der Waals surface area contributed by atoms with Crippen LogP contribution in [0.25, 0.3) is 17.4 Å². The first-order valence-electron chi connectivity index (χ1n) is 9.82. The highest BCUT2D eigenvalue weighted by atomic mass is 32.2. The second kappa shape index (κ2) is 7.99. The number of hydrazone groups is 1. The largest absolute Gasteiger partial charge is 0.456 e. The van der Waals surface area contributed by atoms with Crippen LogP contribution in [0, 0.1) is 22.4 Å². The van der Waals surface area contributed by atoms with E-state index < -0.39 is 10.8 Å². The van der Waals surface area contributed by atoms with E-state index in [1.54, 1.807) is 30.3 Å². The SMILES string of the molecule is Cc1ccccc1C1=NN2C(=N)C(=Cc3ccc(-c4ccccc4[N+](=O)[O-])o3)C(=O)N=C2S1. The van der Waals surface area contributed by atoms with E-state index in [9.17, 15) is 14.9 Å². The monoisotopic (exact) mass is 457 g/mol. The molecule has 0 spiro atoms. The third-order valence-corrected chi connectivity index (χ3v) is 6.05. The van der Waals surface area contributed by atoms with Gasteiger partial charge in [-0.3, -0.25) is 20.3 Å². The van der Waals surface area contributed by atoms with Crippen molar-refractivity contribution in [3.63, 3.8) is 0 Å². The Balaban J connectivity index is 1.47. The molecular formula is C23H15N5O4S. The van der Waals surface area contributed by atoms with Gasteiger partial charge in [0.2, 0.25) is 5.17 Å². The third kappa shape index (κ3) is 3.66. The number of nitrogens with one attached hydrogen (secondary N) is 1. The number of rotatable bonds is 4. The Morgan fingerprint density at radius 1 is 1.09 bits per heavy atom. The minimum Gasteiger partial charge on any atom is -0.456 e. The van der Waals surface area contributed by atoms with Crippen molar-refractivity contribution in [2.45, 2.75) is 6.92 Å². The Kier molecular flexibility index (Phi) is 4.98. The van der Waals surface area contributed by atoms with Crippen molar-refractivity contribution in [1.29, 1.82) is 5.41 Å². The van der Waals surface area contributed by atoms with Gasteiger partial charge in [0, 0.05) is 11.6 Å². The number of nitro benzene ring substituents is 1. The smallest absolute Gasteiger partial charge is 0.283 e. The number of nitro groups is 1. The Hall–Kier alpha value is -4.31. The number of carbonyl (C=O) groups is 1. The molecule has 0 fully saturated rings. The number of hydrogen-bond donors (Lipinski definition) is 1. The lowest BCUT2D eigenvalue weighted by Gasteiger charge is -2.19. The van der Waals surface area contributed by atoms with Crippen molar-refractivity contribution >= 4 is 45.5 Å². The lowest BCUT2D eigenvalue weighted by Crippen LogP contribution is -2.35. The Morgan fingerprint density at radius 2 is 1.82 bits per heavy atom. The second-order valence-corrected chi connectivity index (χ2v) is 8.17. The van der Waals surface area contributed by atoms with Gasteiger partial charge in [-0.15, -0.1) is 0 Å². The standard InChI is InChI=1S/C23H15N5O4S/c1-13-6-2-3-7-15(13)22-26-27-20(24)17(21(29)25-23(27)33-22)12-14-10-11-19(32-14)16-8-4-5-9-18(16)28(30)31/h2-12,24H,1H3. The lowest BCUT2D eigenvalue weighted by molar-refractivity contribution is -0.384. The fraction of sp³-hybridized carbons (Fsp3) is 0.0435. The summed E-state index contributed by atoms with van der Waals surface area (Å²) in [5, 5.41) is 26.6. The summed E-state index contributed by atoms with van der Waals surface area (Å²) < 4.78 is 5.74. The molecule has 9 nitrogen and oxygen atoms in total. The van der Waals surface area contributed by atoms with Crippen LogP contribution in [0.2, 0.25) is 0 Å². The van der Waals surface area contributed by atoms with E-state index in [0.29, 0.717) is 15.8 Å². The summed E-state index contributed by atoms with van der Waals surface area (Å²) in [4.78, 5) is 27.6. The van der Waals surface area contributed by atoms with Gasteiger partial charge in [-0.2, -0.15) is 15.1 Å². The van der Waals surface area contributed by atoms with E-state index in [1.807, 2.05) is 31.2 Å². The van der Waals surface area contributed by atoms with E-state index in [2.05, 4.69) is 10.1 Å². The molecule has 3 aromatic rings. The molecule has 2 aliphatic heterocycles. The summed E-state index contributed by atoms with van der Waals surface area (Å²) in [5.41, 5.74) is 2.17. The molecule has 0 bridgehead atoms. The molecule has 5 rings (SSSR count). The number of nitrogens with zero attached hydrogens (tertiary/aromatic N) is 4. The van der Waals surface area contributed by atoms with Gasteiger partial charge in [-0.05, 0) is 48.5 Å². The fourth-order valence-electron chi connectivity index (χ4n) is 3.47. The number of thioether (sulfide) groups is 1. The number of aliphatic imine (C=N–C) groups is 1. The van der Waals surface area contributed by atoms with E-state index >= 15 is 0 Å². The molecule has 2 aliphatic rings. The molecule has 1 amide bonds. The number of furan rings is 1. The number of amides is 1. The van der Waals surface area contributed by atoms with Gasteiger partial charge in [-0.25, -0.2) is 0 Å². The normalized spacial score (nSPS) is 16.6. The van der Waals surface area contributed by atoms with Gasteiger partial charge >= 0.3 is 0 Å². The molecular weight excluding hydrogens is 442 g/mol. The molecule has 0 radical (unpaired) electrons. The van der Waals surface area contributed by atoms with Crippen LogP contribution in [0.5, 0.6) is 0 Å². The number of fused-ring (bicyclic) bond motifs is 1. The first-order valence-corrected chi connectivity index (χ1v) is 10.6. The van der Waals surface area contributed by atoms with Crippen LogP contribution < -0.4 is 0 Å². The van der Waals surface area contributed by atoms with Crippen LogP contribution in [0.3, 0.4) is 0 Å². The summed E-state index contributed by atoms with van der Waals surface area (Å²) in [6, 6.07) is 17.1.